The first-order valence-electron chi connectivity index (χ1n) is 5.26. The number of para-hydroxylation sites is 1. The smallest absolute Gasteiger partial charge is 0.150 e. The number of carbonyl (C=O) groups is 1. The second-order valence-electron chi connectivity index (χ2n) is 3.99. The van der Waals surface area contributed by atoms with Gasteiger partial charge in [-0.1, -0.05) is 30.3 Å². The van der Waals surface area contributed by atoms with Gasteiger partial charge in [-0.2, -0.15) is 0 Å². The first kappa shape index (κ1) is 9.16. The third-order valence-corrected chi connectivity index (χ3v) is 3.11. The van der Waals surface area contributed by atoms with E-state index in [0.29, 0.717) is 0 Å². The molecule has 1 aromatic heterocycles. The third-order valence-electron chi connectivity index (χ3n) is 3.11. The van der Waals surface area contributed by atoms with Crippen molar-refractivity contribution >= 4 is 28.1 Å². The Balaban J connectivity index is 2.54. The van der Waals surface area contributed by atoms with Crippen LogP contribution in [-0.4, -0.2) is 11.3 Å². The zero-order valence-electron chi connectivity index (χ0n) is 8.95. The lowest BCUT2D eigenvalue weighted by Crippen LogP contribution is -1.86. The maximum absolute atomic E-state index is 10.9. The van der Waals surface area contributed by atoms with Crippen molar-refractivity contribution in [2.24, 2.45) is 0 Å². The predicted octanol–water partition coefficient (Wildman–Crippen LogP) is 3.44. The van der Waals surface area contributed by atoms with Crippen molar-refractivity contribution in [3.05, 3.63) is 47.5 Å². The summed E-state index contributed by atoms with van der Waals surface area (Å²) < 4.78 is 0. The molecule has 0 radical (unpaired) electrons. The van der Waals surface area contributed by atoms with Crippen molar-refractivity contribution in [2.45, 2.75) is 6.92 Å². The number of nitrogens with one attached hydrogen (secondary N) is 1. The van der Waals surface area contributed by atoms with Crippen LogP contribution in [0.25, 0.3) is 21.8 Å². The van der Waals surface area contributed by atoms with Crippen LogP contribution in [0.2, 0.25) is 0 Å². The third kappa shape index (κ3) is 1.10. The molecule has 0 spiro atoms. The van der Waals surface area contributed by atoms with E-state index in [-0.39, 0.29) is 0 Å². The van der Waals surface area contributed by atoms with Crippen LogP contribution < -0.4 is 0 Å². The summed E-state index contributed by atoms with van der Waals surface area (Å²) in [5, 5.41) is 2.39. The summed E-state index contributed by atoms with van der Waals surface area (Å²) in [4.78, 5) is 14.2. The van der Waals surface area contributed by atoms with Crippen LogP contribution in [0, 0.1) is 6.92 Å². The van der Waals surface area contributed by atoms with Crippen LogP contribution in [0.15, 0.2) is 36.4 Å². The Morgan fingerprint density at radius 3 is 2.69 bits per heavy atom. The van der Waals surface area contributed by atoms with Crippen molar-refractivity contribution in [1.29, 1.82) is 0 Å². The Hall–Kier alpha value is -2.09. The number of aryl methyl sites for hydroxylation is 1. The fraction of sp³-hybridized carbons (Fsp3) is 0.0714. The molecule has 1 heterocycles. The first-order chi connectivity index (χ1) is 7.81. The monoisotopic (exact) mass is 209 g/mol. The van der Waals surface area contributed by atoms with Crippen molar-refractivity contribution in [1.82, 2.24) is 4.98 Å². The predicted molar refractivity (Wildman–Crippen MR) is 65.9 cm³/mol. The molecule has 0 aliphatic heterocycles. The van der Waals surface area contributed by atoms with Crippen LogP contribution >= 0.6 is 0 Å². The molecule has 2 nitrogen and oxygen atoms in total. The van der Waals surface area contributed by atoms with E-state index in [4.69, 9.17) is 0 Å². The minimum Gasteiger partial charge on any atom is -0.354 e. The zero-order valence-corrected chi connectivity index (χ0v) is 8.95. The SMILES string of the molecule is Cc1c(C=O)ccc2c1[nH]c1ccccc12. The van der Waals surface area contributed by atoms with Crippen LogP contribution in [0.5, 0.6) is 0 Å². The highest BCUT2D eigenvalue weighted by molar-refractivity contribution is 6.09. The molecule has 0 aliphatic carbocycles. The van der Waals surface area contributed by atoms with Gasteiger partial charge in [-0.05, 0) is 18.6 Å². The standard InChI is InChI=1S/C14H11NO/c1-9-10(8-16)6-7-12-11-4-2-3-5-13(11)15-14(9)12/h2-8,15H,1H3. The van der Waals surface area contributed by atoms with Crippen LogP contribution in [0.4, 0.5) is 0 Å². The molecule has 2 heteroatoms. The summed E-state index contributed by atoms with van der Waals surface area (Å²) >= 11 is 0. The summed E-state index contributed by atoms with van der Waals surface area (Å²) in [5.41, 5.74) is 3.94. The lowest BCUT2D eigenvalue weighted by molar-refractivity contribution is 0.112. The molecule has 0 atom stereocenters. The van der Waals surface area contributed by atoms with Crippen molar-refractivity contribution in [3.8, 4) is 0 Å². The number of aldehydes is 1. The van der Waals surface area contributed by atoms with Gasteiger partial charge >= 0.3 is 0 Å². The van der Waals surface area contributed by atoms with Crippen LogP contribution in [0.3, 0.4) is 0 Å². The molecule has 16 heavy (non-hydrogen) atoms. The Kier molecular flexibility index (Phi) is 1.83. The molecular formula is C14H11NO. The number of aromatic amines is 1. The number of fused-ring (bicyclic) bond motifs is 3. The second-order valence-corrected chi connectivity index (χ2v) is 3.99. The van der Waals surface area contributed by atoms with Gasteiger partial charge in [-0.25, -0.2) is 0 Å². The van der Waals surface area contributed by atoms with Crippen molar-refractivity contribution in [3.63, 3.8) is 0 Å². The topological polar surface area (TPSA) is 32.9 Å². The summed E-state index contributed by atoms with van der Waals surface area (Å²) in [7, 11) is 0. The number of rotatable bonds is 1. The van der Waals surface area contributed by atoms with Gasteiger partial charge in [-0.15, -0.1) is 0 Å². The Bertz CT molecular complexity index is 694. The molecular weight excluding hydrogens is 198 g/mol. The molecule has 0 fully saturated rings. The fourth-order valence-electron chi connectivity index (χ4n) is 2.20. The number of benzene rings is 2. The Morgan fingerprint density at radius 2 is 1.88 bits per heavy atom. The Morgan fingerprint density at radius 1 is 1.06 bits per heavy atom. The van der Waals surface area contributed by atoms with Crippen LogP contribution in [-0.2, 0) is 0 Å². The fourth-order valence-corrected chi connectivity index (χ4v) is 2.20. The molecule has 0 amide bonds. The van der Waals surface area contributed by atoms with Gasteiger partial charge in [0.25, 0.3) is 0 Å². The number of hydrogen-bond donors (Lipinski definition) is 1. The normalized spacial score (nSPS) is 11.1. The molecule has 0 unspecified atom stereocenters. The minimum atomic E-state index is 0.749. The highest BCUT2D eigenvalue weighted by Crippen LogP contribution is 2.28. The second kappa shape index (κ2) is 3.20. The van der Waals surface area contributed by atoms with Crippen LogP contribution in [0.1, 0.15) is 15.9 Å². The molecule has 0 bridgehead atoms. The Labute approximate surface area is 92.9 Å². The maximum atomic E-state index is 10.9. The summed E-state index contributed by atoms with van der Waals surface area (Å²) in [6.07, 6.45) is 0.903. The number of hydrogen-bond acceptors (Lipinski definition) is 1. The van der Waals surface area contributed by atoms with Gasteiger partial charge in [0, 0.05) is 21.9 Å². The highest BCUT2D eigenvalue weighted by atomic mass is 16.1. The quantitative estimate of drug-likeness (QED) is 0.612. The van der Waals surface area contributed by atoms with Gasteiger partial charge < -0.3 is 4.98 Å². The molecule has 3 rings (SSSR count). The largest absolute Gasteiger partial charge is 0.354 e. The molecule has 3 aromatic rings. The van der Waals surface area contributed by atoms with E-state index >= 15 is 0 Å². The summed E-state index contributed by atoms with van der Waals surface area (Å²) in [5.74, 6) is 0. The van der Waals surface area contributed by atoms with Gasteiger partial charge in [-0.3, -0.25) is 4.79 Å². The number of carbonyl (C=O) groups excluding carboxylic acids is 1. The molecule has 0 saturated heterocycles. The average molecular weight is 209 g/mol. The van der Waals surface area contributed by atoms with Gasteiger partial charge in [0.15, 0.2) is 0 Å². The van der Waals surface area contributed by atoms with E-state index < -0.39 is 0 Å². The van der Waals surface area contributed by atoms with E-state index in [2.05, 4.69) is 17.1 Å². The average Bonchev–Trinajstić information content (AvgIpc) is 2.69. The lowest BCUT2D eigenvalue weighted by Gasteiger charge is -1.99. The highest BCUT2D eigenvalue weighted by Gasteiger charge is 2.07. The van der Waals surface area contributed by atoms with Gasteiger partial charge in [0.1, 0.15) is 6.29 Å². The molecule has 0 saturated carbocycles. The number of aromatic nitrogens is 1. The molecule has 78 valence electrons. The van der Waals surface area contributed by atoms with Crippen molar-refractivity contribution < 1.29 is 4.79 Å². The molecule has 1 N–H and O–H groups in total. The van der Waals surface area contributed by atoms with E-state index in [1.807, 2.05) is 31.2 Å². The number of H-pyrrole nitrogens is 1. The summed E-state index contributed by atoms with van der Waals surface area (Å²) in [6, 6.07) is 12.1. The lowest BCUT2D eigenvalue weighted by atomic mass is 10.1. The van der Waals surface area contributed by atoms with Crippen molar-refractivity contribution in [2.75, 3.05) is 0 Å². The van der Waals surface area contributed by atoms with Gasteiger partial charge in [0.05, 0.1) is 5.52 Å². The van der Waals surface area contributed by atoms with E-state index in [1.165, 1.54) is 10.8 Å². The van der Waals surface area contributed by atoms with E-state index in [1.54, 1.807) is 0 Å². The van der Waals surface area contributed by atoms with E-state index in [0.717, 1.165) is 28.4 Å². The summed E-state index contributed by atoms with van der Waals surface area (Å²) in [6.45, 7) is 1.97. The first-order valence-corrected chi connectivity index (χ1v) is 5.26. The van der Waals surface area contributed by atoms with Gasteiger partial charge in [0.2, 0.25) is 0 Å². The molecule has 0 aliphatic rings. The zero-order chi connectivity index (χ0) is 11.1. The maximum Gasteiger partial charge on any atom is 0.150 e. The molecule has 2 aromatic carbocycles. The van der Waals surface area contributed by atoms with E-state index in [9.17, 15) is 4.79 Å². The minimum absolute atomic E-state index is 0.749.